The zero-order chi connectivity index (χ0) is 16.0. The molecule has 3 aromatic carbocycles. The molecule has 1 heteroatoms. The number of hydrogen-bond acceptors (Lipinski definition) is 1. The van der Waals surface area contributed by atoms with E-state index in [9.17, 15) is 0 Å². The Labute approximate surface area is 136 Å². The predicted molar refractivity (Wildman–Crippen MR) is 98.9 cm³/mol. The topological polar surface area (TPSA) is 12.9 Å². The van der Waals surface area contributed by atoms with Gasteiger partial charge >= 0.3 is 0 Å². The van der Waals surface area contributed by atoms with E-state index in [1.807, 2.05) is 6.20 Å². The van der Waals surface area contributed by atoms with Crippen molar-refractivity contribution in [2.75, 3.05) is 0 Å². The molecule has 0 N–H and O–H groups in total. The molecule has 0 saturated heterocycles. The molecule has 1 aromatic heterocycles. The Morgan fingerprint density at radius 1 is 0.652 bits per heavy atom. The molecule has 0 aliphatic carbocycles. The van der Waals surface area contributed by atoms with Gasteiger partial charge < -0.3 is 0 Å². The molecule has 0 spiro atoms. The third-order valence-corrected chi connectivity index (χ3v) is 4.52. The van der Waals surface area contributed by atoms with Gasteiger partial charge in [-0.15, -0.1) is 0 Å². The Morgan fingerprint density at radius 2 is 1.35 bits per heavy atom. The Morgan fingerprint density at radius 3 is 2.13 bits per heavy atom. The molecule has 4 rings (SSSR count). The smallest absolute Gasteiger partial charge is 0.0780 e. The number of aryl methyl sites for hydroxylation is 3. The van der Waals surface area contributed by atoms with Crippen LogP contribution in [0.1, 0.15) is 16.7 Å². The third-order valence-electron chi connectivity index (χ3n) is 4.52. The molecule has 1 nitrogen and oxygen atoms in total. The van der Waals surface area contributed by atoms with Gasteiger partial charge in [-0.3, -0.25) is 4.98 Å². The minimum atomic E-state index is 1.07. The summed E-state index contributed by atoms with van der Waals surface area (Å²) in [6.07, 6.45) is 1.93. The van der Waals surface area contributed by atoms with Crippen molar-refractivity contribution in [3.63, 3.8) is 0 Å². The van der Waals surface area contributed by atoms with E-state index in [0.29, 0.717) is 0 Å². The maximum atomic E-state index is 4.69. The standard InChI is InChI=1S/C22H19N/c1-14-11-15(2)13-17(12-14)22-21-8-7-18-16(3)5-4-6-19(18)20(21)9-10-23-22/h4-13H,1-3H3. The number of benzene rings is 3. The van der Waals surface area contributed by atoms with Crippen LogP contribution in [0, 0.1) is 20.8 Å². The lowest BCUT2D eigenvalue weighted by atomic mass is 9.96. The highest BCUT2D eigenvalue weighted by molar-refractivity contribution is 6.11. The van der Waals surface area contributed by atoms with Crippen LogP contribution < -0.4 is 0 Å². The van der Waals surface area contributed by atoms with Crippen molar-refractivity contribution in [2.45, 2.75) is 20.8 Å². The van der Waals surface area contributed by atoms with Crippen LogP contribution in [0.15, 0.2) is 60.8 Å². The van der Waals surface area contributed by atoms with Crippen LogP contribution in [0.3, 0.4) is 0 Å². The number of nitrogens with zero attached hydrogens (tertiary/aromatic N) is 1. The summed E-state index contributed by atoms with van der Waals surface area (Å²) in [5, 5.41) is 5.11. The maximum Gasteiger partial charge on any atom is 0.0780 e. The van der Waals surface area contributed by atoms with Crippen molar-refractivity contribution >= 4 is 21.5 Å². The summed E-state index contributed by atoms with van der Waals surface area (Å²) in [6.45, 7) is 6.45. The van der Waals surface area contributed by atoms with Crippen molar-refractivity contribution in [1.29, 1.82) is 0 Å². The number of rotatable bonds is 1. The highest BCUT2D eigenvalue weighted by atomic mass is 14.7. The Bertz CT molecular complexity index is 1020. The van der Waals surface area contributed by atoms with E-state index in [-0.39, 0.29) is 0 Å². The number of pyridine rings is 1. The van der Waals surface area contributed by atoms with Crippen LogP contribution in [0.4, 0.5) is 0 Å². The van der Waals surface area contributed by atoms with Crippen LogP contribution in [0.25, 0.3) is 32.8 Å². The monoisotopic (exact) mass is 297 g/mol. The van der Waals surface area contributed by atoms with E-state index >= 15 is 0 Å². The fourth-order valence-corrected chi connectivity index (χ4v) is 3.52. The first-order chi connectivity index (χ1) is 11.1. The minimum Gasteiger partial charge on any atom is -0.256 e. The van der Waals surface area contributed by atoms with Crippen LogP contribution >= 0.6 is 0 Å². The summed E-state index contributed by atoms with van der Waals surface area (Å²) in [4.78, 5) is 4.69. The van der Waals surface area contributed by atoms with Gasteiger partial charge in [0.2, 0.25) is 0 Å². The molecule has 23 heavy (non-hydrogen) atoms. The number of fused-ring (bicyclic) bond motifs is 3. The molecule has 1 heterocycles. The first-order valence-corrected chi connectivity index (χ1v) is 7.99. The molecule has 0 bridgehead atoms. The molecule has 4 aromatic rings. The first-order valence-electron chi connectivity index (χ1n) is 7.99. The summed E-state index contributed by atoms with van der Waals surface area (Å²) in [6, 6.07) is 19.7. The van der Waals surface area contributed by atoms with Gasteiger partial charge in [0.05, 0.1) is 5.69 Å². The van der Waals surface area contributed by atoms with Gasteiger partial charge in [-0.05, 0) is 60.7 Å². The van der Waals surface area contributed by atoms with E-state index in [1.165, 1.54) is 43.8 Å². The second kappa shape index (κ2) is 5.20. The fraction of sp³-hybridized carbons (Fsp3) is 0.136. The average Bonchev–Trinajstić information content (AvgIpc) is 2.53. The number of hydrogen-bond donors (Lipinski definition) is 0. The molecule has 0 unspecified atom stereocenters. The summed E-state index contributed by atoms with van der Waals surface area (Å²) in [5.41, 5.74) is 6.12. The lowest BCUT2D eigenvalue weighted by molar-refractivity contribution is 1.33. The molecule has 0 aliphatic rings. The van der Waals surface area contributed by atoms with Gasteiger partial charge in [-0.1, -0.05) is 47.5 Å². The van der Waals surface area contributed by atoms with Crippen molar-refractivity contribution in [3.05, 3.63) is 77.5 Å². The van der Waals surface area contributed by atoms with Crippen molar-refractivity contribution in [1.82, 2.24) is 4.98 Å². The van der Waals surface area contributed by atoms with E-state index in [1.54, 1.807) is 0 Å². The molecule has 0 fully saturated rings. The first kappa shape index (κ1) is 14.0. The van der Waals surface area contributed by atoms with E-state index in [4.69, 9.17) is 0 Å². The van der Waals surface area contributed by atoms with Gasteiger partial charge in [0.25, 0.3) is 0 Å². The molecule has 0 amide bonds. The van der Waals surface area contributed by atoms with Gasteiger partial charge in [0, 0.05) is 17.1 Å². The van der Waals surface area contributed by atoms with E-state index in [2.05, 4.69) is 80.4 Å². The Balaban J connectivity index is 2.09. The Kier molecular flexibility index (Phi) is 3.16. The lowest BCUT2D eigenvalue weighted by Crippen LogP contribution is -1.89. The molecule has 0 aliphatic heterocycles. The van der Waals surface area contributed by atoms with E-state index < -0.39 is 0 Å². The summed E-state index contributed by atoms with van der Waals surface area (Å²) < 4.78 is 0. The fourth-order valence-electron chi connectivity index (χ4n) is 3.52. The molecule has 0 atom stereocenters. The van der Waals surface area contributed by atoms with Crippen LogP contribution in [-0.2, 0) is 0 Å². The van der Waals surface area contributed by atoms with Gasteiger partial charge in [0.1, 0.15) is 0 Å². The zero-order valence-electron chi connectivity index (χ0n) is 13.7. The molecular formula is C22H19N. The quantitative estimate of drug-likeness (QED) is 0.394. The van der Waals surface area contributed by atoms with E-state index in [0.717, 1.165) is 5.69 Å². The molecular weight excluding hydrogens is 278 g/mol. The van der Waals surface area contributed by atoms with Gasteiger partial charge in [0.15, 0.2) is 0 Å². The maximum absolute atomic E-state index is 4.69. The average molecular weight is 297 g/mol. The molecule has 0 radical (unpaired) electrons. The highest BCUT2D eigenvalue weighted by Crippen LogP contribution is 2.33. The van der Waals surface area contributed by atoms with Crippen LogP contribution in [0.2, 0.25) is 0 Å². The normalized spacial score (nSPS) is 11.3. The SMILES string of the molecule is Cc1cc(C)cc(-c2nccc3c2ccc2c(C)cccc23)c1. The van der Waals surface area contributed by atoms with Crippen molar-refractivity contribution < 1.29 is 0 Å². The number of aromatic nitrogens is 1. The zero-order valence-corrected chi connectivity index (χ0v) is 13.7. The van der Waals surface area contributed by atoms with Crippen LogP contribution in [-0.4, -0.2) is 4.98 Å². The van der Waals surface area contributed by atoms with Crippen molar-refractivity contribution in [2.24, 2.45) is 0 Å². The van der Waals surface area contributed by atoms with Gasteiger partial charge in [-0.25, -0.2) is 0 Å². The predicted octanol–water partition coefficient (Wildman–Crippen LogP) is 5.98. The second-order valence-electron chi connectivity index (χ2n) is 6.37. The summed E-state index contributed by atoms with van der Waals surface area (Å²) in [7, 11) is 0. The van der Waals surface area contributed by atoms with Gasteiger partial charge in [-0.2, -0.15) is 0 Å². The largest absolute Gasteiger partial charge is 0.256 e. The highest BCUT2D eigenvalue weighted by Gasteiger charge is 2.09. The summed E-state index contributed by atoms with van der Waals surface area (Å²) >= 11 is 0. The third kappa shape index (κ3) is 2.29. The lowest BCUT2D eigenvalue weighted by Gasteiger charge is -2.11. The van der Waals surface area contributed by atoms with Crippen molar-refractivity contribution in [3.8, 4) is 11.3 Å². The molecule has 0 saturated carbocycles. The summed E-state index contributed by atoms with van der Waals surface area (Å²) in [5.74, 6) is 0. The van der Waals surface area contributed by atoms with Crippen LogP contribution in [0.5, 0.6) is 0 Å². The molecule has 112 valence electrons. The Hall–Kier alpha value is -2.67. The second-order valence-corrected chi connectivity index (χ2v) is 6.37. The minimum absolute atomic E-state index is 1.07.